The van der Waals surface area contributed by atoms with Crippen molar-refractivity contribution in [2.75, 3.05) is 7.11 Å². The van der Waals surface area contributed by atoms with Crippen LogP contribution in [0.3, 0.4) is 0 Å². The third kappa shape index (κ3) is 3.78. The number of thiazole rings is 1. The highest BCUT2D eigenvalue weighted by Gasteiger charge is 2.24. The third-order valence-electron chi connectivity index (χ3n) is 2.27. The van der Waals surface area contributed by atoms with Crippen molar-refractivity contribution in [1.82, 2.24) is 10.3 Å². The highest BCUT2D eigenvalue weighted by molar-refractivity contribution is 7.09. The van der Waals surface area contributed by atoms with E-state index in [-0.39, 0.29) is 11.6 Å². The summed E-state index contributed by atoms with van der Waals surface area (Å²) in [5.74, 6) is -1.72. The molecule has 0 aliphatic rings. The third-order valence-corrected chi connectivity index (χ3v) is 3.09. The Kier molecular flexibility index (Phi) is 5.24. The summed E-state index contributed by atoms with van der Waals surface area (Å²) in [6, 6.07) is -0.912. The van der Waals surface area contributed by atoms with E-state index < -0.39 is 17.9 Å². The molecule has 0 fully saturated rings. The van der Waals surface area contributed by atoms with Crippen LogP contribution in [0.15, 0.2) is 5.38 Å². The number of carboxylic acid groups (broad SMARTS) is 1. The number of hydrogen-bond donors (Lipinski definition) is 2. The first kappa shape index (κ1) is 14.6. The molecule has 1 aromatic rings. The van der Waals surface area contributed by atoms with Crippen LogP contribution in [0.25, 0.3) is 0 Å². The van der Waals surface area contributed by atoms with Crippen molar-refractivity contribution in [2.45, 2.75) is 26.5 Å². The topological polar surface area (TPSA) is 88.5 Å². The molecular weight excluding hydrogens is 256 g/mol. The number of nitrogens with zero attached hydrogens (tertiary/aromatic N) is 1. The molecule has 18 heavy (non-hydrogen) atoms. The summed E-state index contributed by atoms with van der Waals surface area (Å²) < 4.78 is 4.90. The van der Waals surface area contributed by atoms with E-state index in [1.165, 1.54) is 11.3 Å². The van der Waals surface area contributed by atoms with Crippen LogP contribution >= 0.6 is 11.3 Å². The van der Waals surface area contributed by atoms with Crippen molar-refractivity contribution in [3.63, 3.8) is 0 Å². The summed E-state index contributed by atoms with van der Waals surface area (Å²) in [5, 5.41) is 13.7. The van der Waals surface area contributed by atoms with Crippen molar-refractivity contribution in [3.8, 4) is 0 Å². The van der Waals surface area contributed by atoms with Gasteiger partial charge in [0, 0.05) is 12.5 Å². The SMILES string of the molecule is COCc1nc(C(=O)NC(C(=O)O)C(C)C)cs1. The van der Waals surface area contributed by atoms with Gasteiger partial charge in [-0.1, -0.05) is 13.8 Å². The summed E-state index contributed by atoms with van der Waals surface area (Å²) >= 11 is 1.30. The molecule has 0 saturated heterocycles. The van der Waals surface area contributed by atoms with Gasteiger partial charge in [-0.3, -0.25) is 4.79 Å². The van der Waals surface area contributed by atoms with Gasteiger partial charge < -0.3 is 15.2 Å². The zero-order valence-electron chi connectivity index (χ0n) is 10.5. The summed E-state index contributed by atoms with van der Waals surface area (Å²) in [6.45, 7) is 3.80. The molecule has 0 radical (unpaired) electrons. The van der Waals surface area contributed by atoms with E-state index in [1.807, 2.05) is 0 Å². The van der Waals surface area contributed by atoms with Gasteiger partial charge >= 0.3 is 5.97 Å². The second-order valence-corrected chi connectivity index (χ2v) is 5.04. The second-order valence-electron chi connectivity index (χ2n) is 4.09. The van der Waals surface area contributed by atoms with Crippen LogP contribution in [0.1, 0.15) is 29.3 Å². The Morgan fingerprint density at radius 1 is 1.56 bits per heavy atom. The van der Waals surface area contributed by atoms with Crippen molar-refractivity contribution in [1.29, 1.82) is 0 Å². The molecule has 1 heterocycles. The molecule has 6 nitrogen and oxygen atoms in total. The number of rotatable bonds is 6. The van der Waals surface area contributed by atoms with Gasteiger partial charge in [0.15, 0.2) is 0 Å². The number of ether oxygens (including phenoxy) is 1. The summed E-state index contributed by atoms with van der Waals surface area (Å²) in [5.41, 5.74) is 0.221. The number of amides is 1. The minimum atomic E-state index is -1.05. The molecule has 100 valence electrons. The van der Waals surface area contributed by atoms with Gasteiger partial charge in [0.1, 0.15) is 16.7 Å². The first-order chi connectivity index (χ1) is 8.45. The Balaban J connectivity index is 2.71. The van der Waals surface area contributed by atoms with Crippen molar-refractivity contribution in [2.24, 2.45) is 5.92 Å². The minimum absolute atomic E-state index is 0.191. The maximum atomic E-state index is 11.8. The maximum Gasteiger partial charge on any atom is 0.326 e. The maximum absolute atomic E-state index is 11.8. The lowest BCUT2D eigenvalue weighted by Crippen LogP contribution is -2.44. The number of carboxylic acids is 1. The molecule has 1 rings (SSSR count). The lowest BCUT2D eigenvalue weighted by molar-refractivity contribution is -0.140. The number of carbonyl (C=O) groups is 2. The standard InChI is InChI=1S/C11H16N2O4S/c1-6(2)9(11(15)16)13-10(14)7-5-18-8(12-7)4-17-3/h5-6,9H,4H2,1-3H3,(H,13,14)(H,15,16). The number of methoxy groups -OCH3 is 1. The van der Waals surface area contributed by atoms with Crippen molar-refractivity contribution >= 4 is 23.2 Å². The zero-order valence-corrected chi connectivity index (χ0v) is 11.3. The summed E-state index contributed by atoms with van der Waals surface area (Å²) in [6.07, 6.45) is 0. The molecule has 1 unspecified atom stereocenters. The molecule has 2 N–H and O–H groups in total. The van der Waals surface area contributed by atoms with Crippen LogP contribution in [0.5, 0.6) is 0 Å². The Morgan fingerprint density at radius 2 is 2.22 bits per heavy atom. The normalized spacial score (nSPS) is 12.4. The van der Waals surface area contributed by atoms with E-state index in [1.54, 1.807) is 26.3 Å². The predicted molar refractivity (Wildman–Crippen MR) is 66.6 cm³/mol. The van der Waals surface area contributed by atoms with E-state index in [9.17, 15) is 9.59 Å². The molecular formula is C11H16N2O4S. The smallest absolute Gasteiger partial charge is 0.326 e. The first-order valence-corrected chi connectivity index (χ1v) is 6.30. The largest absolute Gasteiger partial charge is 0.480 e. The van der Waals surface area contributed by atoms with E-state index in [0.717, 1.165) is 0 Å². The van der Waals surface area contributed by atoms with Crippen LogP contribution in [-0.2, 0) is 16.1 Å². The second kappa shape index (κ2) is 6.46. The average Bonchev–Trinajstić information content (AvgIpc) is 2.73. The fourth-order valence-corrected chi connectivity index (χ4v) is 2.08. The quantitative estimate of drug-likeness (QED) is 0.810. The van der Waals surface area contributed by atoms with Crippen LogP contribution in [0.2, 0.25) is 0 Å². The predicted octanol–water partition coefficient (Wildman–Crippen LogP) is 1.13. The van der Waals surface area contributed by atoms with Crippen LogP contribution < -0.4 is 5.32 Å². The molecule has 7 heteroatoms. The molecule has 0 aromatic carbocycles. The van der Waals surface area contributed by atoms with E-state index in [2.05, 4.69) is 10.3 Å². The fourth-order valence-electron chi connectivity index (χ4n) is 1.33. The van der Waals surface area contributed by atoms with E-state index in [4.69, 9.17) is 9.84 Å². The summed E-state index contributed by atoms with van der Waals surface area (Å²) in [7, 11) is 1.54. The number of carbonyl (C=O) groups excluding carboxylic acids is 1. The van der Waals surface area contributed by atoms with E-state index >= 15 is 0 Å². The van der Waals surface area contributed by atoms with Gasteiger partial charge in [-0.05, 0) is 5.92 Å². The van der Waals surface area contributed by atoms with Crippen LogP contribution in [0.4, 0.5) is 0 Å². The van der Waals surface area contributed by atoms with Gasteiger partial charge in [0.05, 0.1) is 6.61 Å². The average molecular weight is 272 g/mol. The van der Waals surface area contributed by atoms with Gasteiger partial charge in [-0.25, -0.2) is 9.78 Å². The minimum Gasteiger partial charge on any atom is -0.480 e. The Morgan fingerprint density at radius 3 is 2.72 bits per heavy atom. The molecule has 1 aromatic heterocycles. The Bertz CT molecular complexity index is 430. The Hall–Kier alpha value is -1.47. The molecule has 1 atom stereocenters. The number of aromatic nitrogens is 1. The number of aliphatic carboxylic acids is 1. The van der Waals surface area contributed by atoms with Gasteiger partial charge in [-0.2, -0.15) is 0 Å². The first-order valence-electron chi connectivity index (χ1n) is 5.42. The zero-order chi connectivity index (χ0) is 13.7. The van der Waals surface area contributed by atoms with Gasteiger partial charge in [0.25, 0.3) is 5.91 Å². The molecule has 0 aliphatic carbocycles. The van der Waals surface area contributed by atoms with E-state index in [0.29, 0.717) is 11.6 Å². The monoisotopic (exact) mass is 272 g/mol. The van der Waals surface area contributed by atoms with Crippen LogP contribution in [-0.4, -0.2) is 35.1 Å². The van der Waals surface area contributed by atoms with Crippen LogP contribution in [0, 0.1) is 5.92 Å². The van der Waals surface area contributed by atoms with Crippen molar-refractivity contribution in [3.05, 3.63) is 16.1 Å². The van der Waals surface area contributed by atoms with Gasteiger partial charge in [0.2, 0.25) is 0 Å². The lowest BCUT2D eigenvalue weighted by atomic mass is 10.0. The molecule has 1 amide bonds. The molecule has 0 bridgehead atoms. The summed E-state index contributed by atoms with van der Waals surface area (Å²) in [4.78, 5) is 26.8. The Labute approximate surface area is 109 Å². The van der Waals surface area contributed by atoms with Crippen molar-refractivity contribution < 1.29 is 19.4 Å². The number of hydrogen-bond acceptors (Lipinski definition) is 5. The number of nitrogens with one attached hydrogen (secondary N) is 1. The fraction of sp³-hybridized carbons (Fsp3) is 0.545. The van der Waals surface area contributed by atoms with Gasteiger partial charge in [-0.15, -0.1) is 11.3 Å². The lowest BCUT2D eigenvalue weighted by Gasteiger charge is -2.16. The molecule has 0 saturated carbocycles. The highest BCUT2D eigenvalue weighted by atomic mass is 32.1. The molecule has 0 spiro atoms. The highest BCUT2D eigenvalue weighted by Crippen LogP contribution is 2.11. The molecule has 0 aliphatic heterocycles.